The third-order valence-electron chi connectivity index (χ3n) is 5.44. The van der Waals surface area contributed by atoms with E-state index in [4.69, 9.17) is 0 Å². The number of nitro groups is 1. The Bertz CT molecular complexity index is 1600. The number of aliphatic hydroxyl groups is 1. The molecule has 0 aliphatic carbocycles. The van der Waals surface area contributed by atoms with E-state index in [1.807, 2.05) is 6.07 Å². The minimum atomic E-state index is -1.50. The number of non-ortho nitro benzene ring substituents is 1. The standard InChI is InChI=1S/C26H22N6O6/c1-15(33)27-18-9-7-17(8-10-18)25(35)23(31-30-22(34)13-16-5-3-2-4-6-16)24-26(36)29-21-14-19(32(37)38)11-12-20(21)28-24/h2-12,14,25,35H,13H2,1H3,(H,27,33)(H,29,36)(H,30,34)/b31-23+/t25-/m0/s1. The number of nitro benzene ring substituents is 1. The van der Waals surface area contributed by atoms with Gasteiger partial charge >= 0.3 is 0 Å². The Hall–Kier alpha value is -5.23. The summed E-state index contributed by atoms with van der Waals surface area (Å²) in [5.41, 5.74) is 2.69. The van der Waals surface area contributed by atoms with Gasteiger partial charge in [-0.25, -0.2) is 10.4 Å². The molecule has 0 saturated heterocycles. The maximum absolute atomic E-state index is 13.0. The van der Waals surface area contributed by atoms with Crippen LogP contribution in [-0.4, -0.2) is 37.5 Å². The van der Waals surface area contributed by atoms with E-state index in [1.54, 1.807) is 36.4 Å². The van der Waals surface area contributed by atoms with Crippen LogP contribution >= 0.6 is 0 Å². The number of benzene rings is 3. The monoisotopic (exact) mass is 514 g/mol. The molecule has 1 atom stereocenters. The van der Waals surface area contributed by atoms with Gasteiger partial charge in [0.15, 0.2) is 5.69 Å². The molecule has 192 valence electrons. The highest BCUT2D eigenvalue weighted by atomic mass is 16.6. The lowest BCUT2D eigenvalue weighted by Gasteiger charge is -2.15. The van der Waals surface area contributed by atoms with Crippen LogP contribution in [0.4, 0.5) is 11.4 Å². The zero-order valence-electron chi connectivity index (χ0n) is 20.0. The van der Waals surface area contributed by atoms with E-state index in [0.29, 0.717) is 11.3 Å². The highest BCUT2D eigenvalue weighted by molar-refractivity contribution is 6.04. The van der Waals surface area contributed by atoms with E-state index in [-0.39, 0.29) is 40.5 Å². The quantitative estimate of drug-likeness (QED) is 0.158. The Balaban J connectivity index is 1.72. The Morgan fingerprint density at radius 1 is 1.11 bits per heavy atom. The van der Waals surface area contributed by atoms with Crippen LogP contribution in [0.2, 0.25) is 0 Å². The van der Waals surface area contributed by atoms with Gasteiger partial charge in [-0.05, 0) is 29.3 Å². The van der Waals surface area contributed by atoms with Gasteiger partial charge in [0.25, 0.3) is 11.2 Å². The molecule has 0 fully saturated rings. The summed E-state index contributed by atoms with van der Waals surface area (Å²) in [6, 6.07) is 18.8. The summed E-state index contributed by atoms with van der Waals surface area (Å²) in [5, 5.41) is 28.9. The van der Waals surface area contributed by atoms with Crippen LogP contribution in [0.25, 0.3) is 11.0 Å². The number of hydrogen-bond donors (Lipinski definition) is 4. The Morgan fingerprint density at radius 3 is 2.47 bits per heavy atom. The van der Waals surface area contributed by atoms with E-state index >= 15 is 0 Å². The van der Waals surface area contributed by atoms with Crippen LogP contribution in [0.3, 0.4) is 0 Å². The summed E-state index contributed by atoms with van der Waals surface area (Å²) in [7, 11) is 0. The number of amides is 2. The van der Waals surface area contributed by atoms with Crippen LogP contribution in [0, 0.1) is 10.1 Å². The molecule has 0 aliphatic rings. The minimum absolute atomic E-state index is 0.00427. The van der Waals surface area contributed by atoms with Crippen LogP contribution < -0.4 is 16.3 Å². The van der Waals surface area contributed by atoms with E-state index < -0.39 is 22.5 Å². The lowest BCUT2D eigenvalue weighted by atomic mass is 10.0. The molecule has 0 unspecified atom stereocenters. The number of carbonyl (C=O) groups is 2. The number of rotatable bonds is 8. The maximum atomic E-state index is 13.0. The smallest absolute Gasteiger partial charge is 0.276 e. The van der Waals surface area contributed by atoms with Crippen LogP contribution in [-0.2, 0) is 16.0 Å². The van der Waals surface area contributed by atoms with Crippen molar-refractivity contribution in [3.05, 3.63) is 110 Å². The first kappa shape index (κ1) is 25.9. The summed E-state index contributed by atoms with van der Waals surface area (Å²) in [6.45, 7) is 1.36. The van der Waals surface area contributed by atoms with Gasteiger partial charge in [-0.1, -0.05) is 42.5 Å². The number of hydrogen-bond acceptors (Lipinski definition) is 8. The fourth-order valence-electron chi connectivity index (χ4n) is 3.66. The summed E-state index contributed by atoms with van der Waals surface area (Å²) in [6.07, 6.45) is -1.49. The predicted molar refractivity (Wildman–Crippen MR) is 140 cm³/mol. The molecule has 12 heteroatoms. The van der Waals surface area contributed by atoms with E-state index in [9.17, 15) is 29.6 Å². The van der Waals surface area contributed by atoms with Crippen molar-refractivity contribution in [3.63, 3.8) is 0 Å². The first-order chi connectivity index (χ1) is 18.2. The van der Waals surface area contributed by atoms with Gasteiger partial charge < -0.3 is 15.4 Å². The van der Waals surface area contributed by atoms with Gasteiger partial charge in [-0.3, -0.25) is 24.5 Å². The number of hydrazone groups is 1. The first-order valence-electron chi connectivity index (χ1n) is 11.4. The van der Waals surface area contributed by atoms with Crippen molar-refractivity contribution in [2.24, 2.45) is 5.10 Å². The van der Waals surface area contributed by atoms with Gasteiger partial charge in [-0.15, -0.1) is 0 Å². The number of aromatic nitrogens is 2. The normalized spacial score (nSPS) is 12.1. The van der Waals surface area contributed by atoms with Gasteiger partial charge in [0.1, 0.15) is 11.8 Å². The van der Waals surface area contributed by atoms with Gasteiger partial charge in [0.2, 0.25) is 11.8 Å². The number of carbonyl (C=O) groups excluding carboxylic acids is 2. The molecule has 4 rings (SSSR count). The van der Waals surface area contributed by atoms with Crippen molar-refractivity contribution in [2.45, 2.75) is 19.4 Å². The van der Waals surface area contributed by atoms with Crippen LogP contribution in [0.15, 0.2) is 82.7 Å². The summed E-state index contributed by atoms with van der Waals surface area (Å²) in [4.78, 5) is 54.1. The molecule has 3 aromatic carbocycles. The average Bonchev–Trinajstić information content (AvgIpc) is 2.89. The Labute approximate surface area is 215 Å². The fraction of sp³-hybridized carbons (Fsp3) is 0.115. The third-order valence-corrected chi connectivity index (χ3v) is 5.44. The van der Waals surface area contributed by atoms with Crippen molar-refractivity contribution in [1.82, 2.24) is 15.4 Å². The van der Waals surface area contributed by atoms with Gasteiger partial charge in [-0.2, -0.15) is 5.10 Å². The molecule has 0 radical (unpaired) electrons. The molecule has 2 amide bonds. The number of H-pyrrole nitrogens is 1. The lowest BCUT2D eigenvalue weighted by molar-refractivity contribution is -0.384. The molecule has 38 heavy (non-hydrogen) atoms. The van der Waals surface area contributed by atoms with Crippen LogP contribution in [0.1, 0.15) is 29.8 Å². The molecule has 0 aliphatic heterocycles. The molecule has 1 aromatic heterocycles. The molecule has 4 aromatic rings. The number of fused-ring (bicyclic) bond motifs is 1. The van der Waals surface area contributed by atoms with E-state index in [0.717, 1.165) is 5.56 Å². The predicted octanol–water partition coefficient (Wildman–Crippen LogP) is 2.59. The van der Waals surface area contributed by atoms with Crippen LogP contribution in [0.5, 0.6) is 0 Å². The van der Waals surface area contributed by atoms with Gasteiger partial charge in [0, 0.05) is 24.7 Å². The third kappa shape index (κ3) is 6.12. The molecule has 0 bridgehead atoms. The summed E-state index contributed by atoms with van der Waals surface area (Å²) in [5.74, 6) is -0.761. The van der Waals surface area contributed by atoms with Crippen molar-refractivity contribution in [2.75, 3.05) is 5.32 Å². The molecular formula is C26H22N6O6. The highest BCUT2D eigenvalue weighted by Crippen LogP contribution is 2.22. The van der Waals surface area contributed by atoms with Crippen molar-refractivity contribution >= 4 is 39.9 Å². The Morgan fingerprint density at radius 2 is 1.82 bits per heavy atom. The zero-order valence-corrected chi connectivity index (χ0v) is 20.0. The van der Waals surface area contributed by atoms with Gasteiger partial charge in [0.05, 0.1) is 22.4 Å². The highest BCUT2D eigenvalue weighted by Gasteiger charge is 2.23. The number of nitrogens with one attached hydrogen (secondary N) is 3. The number of nitrogens with zero attached hydrogens (tertiary/aromatic N) is 3. The second-order valence-electron chi connectivity index (χ2n) is 8.27. The van der Waals surface area contributed by atoms with E-state index in [1.165, 1.54) is 37.3 Å². The minimum Gasteiger partial charge on any atom is -0.382 e. The molecule has 0 spiro atoms. The lowest BCUT2D eigenvalue weighted by Crippen LogP contribution is -2.29. The zero-order chi connectivity index (χ0) is 27.2. The topological polar surface area (TPSA) is 180 Å². The van der Waals surface area contributed by atoms with Crippen molar-refractivity contribution in [1.29, 1.82) is 0 Å². The summed E-state index contributed by atoms with van der Waals surface area (Å²) < 4.78 is 0. The van der Waals surface area contributed by atoms with E-state index in [2.05, 4.69) is 25.8 Å². The Kier molecular flexibility index (Phi) is 7.63. The summed E-state index contributed by atoms with van der Waals surface area (Å²) >= 11 is 0. The second kappa shape index (κ2) is 11.2. The SMILES string of the molecule is CC(=O)Nc1ccc([C@H](O)/C(=N/NC(=O)Cc2ccccc2)c2nc3ccc([N+](=O)[O-])cc3[nH]c2=O)cc1. The second-order valence-corrected chi connectivity index (χ2v) is 8.27. The number of aliphatic hydroxyl groups excluding tert-OH is 1. The molecule has 0 saturated carbocycles. The maximum Gasteiger partial charge on any atom is 0.276 e. The number of anilines is 1. The first-order valence-corrected chi connectivity index (χ1v) is 11.4. The molecule has 4 N–H and O–H groups in total. The fourth-order valence-corrected chi connectivity index (χ4v) is 3.66. The largest absolute Gasteiger partial charge is 0.382 e. The molecular weight excluding hydrogens is 492 g/mol. The number of aromatic amines is 1. The molecule has 1 heterocycles. The van der Waals surface area contributed by atoms with Crippen molar-refractivity contribution in [3.8, 4) is 0 Å². The van der Waals surface area contributed by atoms with Crippen molar-refractivity contribution < 1.29 is 19.6 Å². The molecule has 12 nitrogen and oxygen atoms in total. The average molecular weight is 514 g/mol.